The zero-order chi connectivity index (χ0) is 15.2. The van der Waals surface area contributed by atoms with Crippen molar-refractivity contribution in [3.05, 3.63) is 24.0 Å². The summed E-state index contributed by atoms with van der Waals surface area (Å²) in [5.74, 6) is 0.165. The van der Waals surface area contributed by atoms with Crippen molar-refractivity contribution in [1.82, 2.24) is 30.3 Å². The number of hydrogen-bond donors (Lipinski definition) is 3. The van der Waals surface area contributed by atoms with Gasteiger partial charge in [-0.15, -0.1) is 5.10 Å². The molecule has 0 atom stereocenters. The predicted octanol–water partition coefficient (Wildman–Crippen LogP) is -0.0480. The maximum absolute atomic E-state index is 11.9. The Bertz CT molecular complexity index is 631. The molecule has 21 heavy (non-hydrogen) atoms. The van der Waals surface area contributed by atoms with Crippen LogP contribution in [-0.4, -0.2) is 43.8 Å². The van der Waals surface area contributed by atoms with Gasteiger partial charge >= 0.3 is 0 Å². The first-order valence-electron chi connectivity index (χ1n) is 6.58. The third kappa shape index (κ3) is 3.88. The molecule has 0 unspecified atom stereocenters. The minimum atomic E-state index is -0.423. The van der Waals surface area contributed by atoms with Crippen LogP contribution in [0.4, 0.5) is 5.69 Å². The van der Waals surface area contributed by atoms with Gasteiger partial charge in [-0.25, -0.2) is 4.98 Å². The maximum atomic E-state index is 11.9. The molecule has 0 fully saturated rings. The highest BCUT2D eigenvalue weighted by Crippen LogP contribution is 2.06. The lowest BCUT2D eigenvalue weighted by Gasteiger charge is -1.99. The van der Waals surface area contributed by atoms with Crippen LogP contribution in [0, 0.1) is 0 Å². The van der Waals surface area contributed by atoms with Crippen molar-refractivity contribution in [1.29, 1.82) is 0 Å². The molecule has 0 bridgehead atoms. The molecule has 0 aliphatic heterocycles. The summed E-state index contributed by atoms with van der Waals surface area (Å²) in [6.45, 7) is 2.11. The van der Waals surface area contributed by atoms with Crippen molar-refractivity contribution in [3.8, 4) is 0 Å². The van der Waals surface area contributed by atoms with Crippen LogP contribution in [0.25, 0.3) is 0 Å². The van der Waals surface area contributed by atoms with Crippen LogP contribution in [0.3, 0.4) is 0 Å². The molecule has 2 heterocycles. The van der Waals surface area contributed by atoms with Gasteiger partial charge < -0.3 is 10.6 Å². The summed E-state index contributed by atoms with van der Waals surface area (Å²) in [7, 11) is 1.55. The van der Waals surface area contributed by atoms with Crippen LogP contribution in [-0.2, 0) is 17.8 Å². The number of aromatic nitrogens is 5. The van der Waals surface area contributed by atoms with E-state index in [9.17, 15) is 9.59 Å². The second kappa shape index (κ2) is 6.64. The number of anilines is 1. The molecule has 2 aromatic rings. The number of aromatic amines is 1. The number of likely N-dealkylation sites (N-methyl/N-ethyl adjacent to an activating group) is 1. The molecular formula is C12H17N7O2. The van der Waals surface area contributed by atoms with Gasteiger partial charge in [-0.05, 0) is 6.42 Å². The first kappa shape index (κ1) is 14.7. The Morgan fingerprint density at radius 3 is 2.95 bits per heavy atom. The van der Waals surface area contributed by atoms with Gasteiger partial charge in [0.1, 0.15) is 12.4 Å². The standard InChI is InChI=1S/C12H17N7O2/c1-3-4-9-16-11(18-17-9)12(21)15-8-5-14-19(6-8)7-10(20)13-2/h5-6H,3-4,7H2,1-2H3,(H,13,20)(H,15,21)(H,16,17,18). The van der Waals surface area contributed by atoms with Crippen molar-refractivity contribution < 1.29 is 9.59 Å². The number of nitrogens with zero attached hydrogens (tertiary/aromatic N) is 4. The molecule has 2 aromatic heterocycles. The highest BCUT2D eigenvalue weighted by Gasteiger charge is 2.13. The largest absolute Gasteiger partial charge is 0.358 e. The van der Waals surface area contributed by atoms with E-state index in [0.717, 1.165) is 12.8 Å². The third-order valence-corrected chi connectivity index (χ3v) is 2.70. The second-order valence-electron chi connectivity index (χ2n) is 4.41. The Hall–Kier alpha value is -2.71. The zero-order valence-electron chi connectivity index (χ0n) is 11.9. The monoisotopic (exact) mass is 291 g/mol. The van der Waals surface area contributed by atoms with E-state index in [-0.39, 0.29) is 18.3 Å². The first-order chi connectivity index (χ1) is 10.1. The molecule has 2 rings (SSSR count). The average Bonchev–Trinajstić information content (AvgIpc) is 3.09. The second-order valence-corrected chi connectivity index (χ2v) is 4.41. The van der Waals surface area contributed by atoms with E-state index < -0.39 is 5.91 Å². The quantitative estimate of drug-likeness (QED) is 0.690. The smallest absolute Gasteiger partial charge is 0.295 e. The van der Waals surface area contributed by atoms with Gasteiger partial charge in [0, 0.05) is 19.7 Å². The molecule has 0 aliphatic carbocycles. The topological polar surface area (TPSA) is 118 Å². The fourth-order valence-electron chi connectivity index (χ4n) is 1.67. The normalized spacial score (nSPS) is 10.4. The van der Waals surface area contributed by atoms with Crippen molar-refractivity contribution in [2.45, 2.75) is 26.3 Å². The van der Waals surface area contributed by atoms with Crippen LogP contribution in [0.15, 0.2) is 12.4 Å². The molecule has 0 aromatic carbocycles. The lowest BCUT2D eigenvalue weighted by molar-refractivity contribution is -0.121. The van der Waals surface area contributed by atoms with Crippen LogP contribution in [0.2, 0.25) is 0 Å². The predicted molar refractivity (Wildman–Crippen MR) is 74.6 cm³/mol. The van der Waals surface area contributed by atoms with E-state index in [1.54, 1.807) is 13.2 Å². The Labute approximate surface area is 121 Å². The van der Waals surface area contributed by atoms with Gasteiger partial charge in [0.05, 0.1) is 11.9 Å². The fourth-order valence-corrected chi connectivity index (χ4v) is 1.67. The van der Waals surface area contributed by atoms with Crippen molar-refractivity contribution in [2.24, 2.45) is 0 Å². The summed E-state index contributed by atoms with van der Waals surface area (Å²) in [5.41, 5.74) is 0.478. The van der Waals surface area contributed by atoms with E-state index in [0.29, 0.717) is 11.5 Å². The molecule has 9 nitrogen and oxygen atoms in total. The van der Waals surface area contributed by atoms with Gasteiger partial charge in [0.15, 0.2) is 0 Å². The molecule has 9 heteroatoms. The van der Waals surface area contributed by atoms with Crippen LogP contribution >= 0.6 is 0 Å². The third-order valence-electron chi connectivity index (χ3n) is 2.70. The number of aryl methyl sites for hydroxylation is 1. The van der Waals surface area contributed by atoms with Gasteiger partial charge in [-0.2, -0.15) is 5.10 Å². The zero-order valence-corrected chi connectivity index (χ0v) is 11.9. The number of carbonyl (C=O) groups is 2. The average molecular weight is 291 g/mol. The lowest BCUT2D eigenvalue weighted by Crippen LogP contribution is -2.23. The van der Waals surface area contributed by atoms with Crippen molar-refractivity contribution in [2.75, 3.05) is 12.4 Å². The summed E-state index contributed by atoms with van der Waals surface area (Å²) in [6.07, 6.45) is 4.68. The molecule has 0 aliphatic rings. The summed E-state index contributed by atoms with van der Waals surface area (Å²) in [6, 6.07) is 0. The van der Waals surface area contributed by atoms with Crippen molar-refractivity contribution >= 4 is 17.5 Å². The molecule has 112 valence electrons. The first-order valence-corrected chi connectivity index (χ1v) is 6.58. The highest BCUT2D eigenvalue weighted by atomic mass is 16.2. The number of H-pyrrole nitrogens is 1. The SMILES string of the molecule is CCCc1nc(C(=O)Nc2cnn(CC(=O)NC)c2)n[nH]1. The van der Waals surface area contributed by atoms with Crippen LogP contribution in [0.1, 0.15) is 29.8 Å². The molecule has 2 amide bonds. The summed E-state index contributed by atoms with van der Waals surface area (Å²) < 4.78 is 1.43. The van der Waals surface area contributed by atoms with Crippen LogP contribution < -0.4 is 10.6 Å². The molecule has 0 saturated heterocycles. The molecule has 0 saturated carbocycles. The van der Waals surface area contributed by atoms with Gasteiger partial charge in [0.2, 0.25) is 11.7 Å². The van der Waals surface area contributed by atoms with Gasteiger partial charge in [-0.3, -0.25) is 19.4 Å². The summed E-state index contributed by atoms with van der Waals surface area (Å²) >= 11 is 0. The molecule has 3 N–H and O–H groups in total. The van der Waals surface area contributed by atoms with Crippen LogP contribution in [0.5, 0.6) is 0 Å². The lowest BCUT2D eigenvalue weighted by atomic mass is 10.3. The summed E-state index contributed by atoms with van der Waals surface area (Å²) in [4.78, 5) is 27.3. The Kier molecular flexibility index (Phi) is 4.64. The van der Waals surface area contributed by atoms with Crippen molar-refractivity contribution in [3.63, 3.8) is 0 Å². The molecule has 0 spiro atoms. The van der Waals surface area contributed by atoms with E-state index in [1.165, 1.54) is 10.9 Å². The number of hydrogen-bond acceptors (Lipinski definition) is 5. The number of rotatable bonds is 6. The van der Waals surface area contributed by atoms with E-state index in [1.807, 2.05) is 6.92 Å². The Morgan fingerprint density at radius 2 is 2.24 bits per heavy atom. The fraction of sp³-hybridized carbons (Fsp3) is 0.417. The van der Waals surface area contributed by atoms with Gasteiger partial charge in [0.25, 0.3) is 5.91 Å². The van der Waals surface area contributed by atoms with Gasteiger partial charge in [-0.1, -0.05) is 6.92 Å². The summed E-state index contributed by atoms with van der Waals surface area (Å²) in [5, 5.41) is 15.7. The number of carbonyl (C=O) groups excluding carboxylic acids is 2. The minimum Gasteiger partial charge on any atom is -0.358 e. The molecule has 0 radical (unpaired) electrons. The Balaban J connectivity index is 1.97. The Morgan fingerprint density at radius 1 is 1.43 bits per heavy atom. The van der Waals surface area contributed by atoms with E-state index in [4.69, 9.17) is 0 Å². The van der Waals surface area contributed by atoms with E-state index in [2.05, 4.69) is 30.9 Å². The maximum Gasteiger partial charge on any atom is 0.295 e. The number of nitrogens with one attached hydrogen (secondary N) is 3. The highest BCUT2D eigenvalue weighted by molar-refractivity contribution is 6.01. The number of amides is 2. The minimum absolute atomic E-state index is 0.0810. The van der Waals surface area contributed by atoms with E-state index >= 15 is 0 Å². The molecular weight excluding hydrogens is 274 g/mol.